The minimum absolute atomic E-state index is 0. The normalized spacial score (nSPS) is 18.0. The van der Waals surface area contributed by atoms with Crippen molar-refractivity contribution in [3.05, 3.63) is 29.3 Å². The summed E-state index contributed by atoms with van der Waals surface area (Å²) in [6.07, 6.45) is 2.59. The van der Waals surface area contributed by atoms with Gasteiger partial charge >= 0.3 is 0 Å². The molecule has 25 heavy (non-hydrogen) atoms. The predicted molar refractivity (Wildman–Crippen MR) is 119 cm³/mol. The molecular weight excluding hydrogens is 425 g/mol. The van der Waals surface area contributed by atoms with Gasteiger partial charge in [-0.15, -0.1) is 24.0 Å². The molecule has 0 aromatic heterocycles. The number of guanidine groups is 1. The highest BCUT2D eigenvalue weighted by Crippen LogP contribution is 2.17. The molecule has 1 aromatic carbocycles. The Morgan fingerprint density at radius 3 is 2.68 bits per heavy atom. The zero-order valence-corrected chi connectivity index (χ0v) is 18.6. The van der Waals surface area contributed by atoms with Crippen molar-refractivity contribution in [3.8, 4) is 0 Å². The number of rotatable bonds is 6. The van der Waals surface area contributed by atoms with Crippen LogP contribution in [0.25, 0.3) is 0 Å². The maximum absolute atomic E-state index is 4.36. The topological polar surface area (TPSA) is 42.9 Å². The second-order valence-electron chi connectivity index (χ2n) is 6.74. The maximum atomic E-state index is 4.36. The SMILES string of the molecule is CCN1CCCC1CNC(=NC)NCc1ccc(N(C)C)cc1C.I. The van der Waals surface area contributed by atoms with E-state index in [1.54, 1.807) is 0 Å². The van der Waals surface area contributed by atoms with Crippen LogP contribution in [0.4, 0.5) is 5.69 Å². The van der Waals surface area contributed by atoms with E-state index in [0.29, 0.717) is 6.04 Å². The molecule has 0 spiro atoms. The van der Waals surface area contributed by atoms with E-state index in [4.69, 9.17) is 0 Å². The Hall–Kier alpha value is -1.02. The number of benzene rings is 1. The average Bonchev–Trinajstić information content (AvgIpc) is 3.03. The van der Waals surface area contributed by atoms with E-state index in [9.17, 15) is 0 Å². The molecule has 0 amide bonds. The van der Waals surface area contributed by atoms with Gasteiger partial charge in [0.05, 0.1) is 0 Å². The van der Waals surface area contributed by atoms with Gasteiger partial charge in [-0.1, -0.05) is 13.0 Å². The van der Waals surface area contributed by atoms with Crippen LogP contribution in [0.3, 0.4) is 0 Å². The number of aryl methyl sites for hydroxylation is 1. The van der Waals surface area contributed by atoms with Crippen LogP contribution in [0, 0.1) is 6.92 Å². The number of anilines is 1. The van der Waals surface area contributed by atoms with E-state index in [1.807, 2.05) is 7.05 Å². The number of likely N-dealkylation sites (tertiary alicyclic amines) is 1. The predicted octanol–water partition coefficient (Wildman–Crippen LogP) is 2.83. The lowest BCUT2D eigenvalue weighted by Crippen LogP contribution is -2.44. The van der Waals surface area contributed by atoms with Gasteiger partial charge in [-0.3, -0.25) is 9.89 Å². The Kier molecular flexibility index (Phi) is 9.56. The molecule has 142 valence electrons. The highest BCUT2D eigenvalue weighted by Gasteiger charge is 2.22. The number of likely N-dealkylation sites (N-methyl/N-ethyl adjacent to an activating group) is 1. The molecule has 1 atom stereocenters. The maximum Gasteiger partial charge on any atom is 0.191 e. The fraction of sp³-hybridized carbons (Fsp3) is 0.632. The Labute approximate surface area is 170 Å². The number of nitrogens with one attached hydrogen (secondary N) is 2. The molecule has 1 unspecified atom stereocenters. The number of halogens is 1. The molecule has 5 nitrogen and oxygen atoms in total. The summed E-state index contributed by atoms with van der Waals surface area (Å²) in [6, 6.07) is 7.22. The zero-order valence-electron chi connectivity index (χ0n) is 16.3. The minimum Gasteiger partial charge on any atom is -0.378 e. The molecule has 1 heterocycles. The highest BCUT2D eigenvalue weighted by atomic mass is 127. The quantitative estimate of drug-likeness (QED) is 0.390. The van der Waals surface area contributed by atoms with Crippen molar-refractivity contribution in [1.82, 2.24) is 15.5 Å². The van der Waals surface area contributed by atoms with Crippen LogP contribution in [0.15, 0.2) is 23.2 Å². The smallest absolute Gasteiger partial charge is 0.191 e. The number of nitrogens with zero attached hydrogens (tertiary/aromatic N) is 3. The summed E-state index contributed by atoms with van der Waals surface area (Å²) < 4.78 is 0. The molecule has 0 bridgehead atoms. The third-order valence-electron chi connectivity index (χ3n) is 4.92. The van der Waals surface area contributed by atoms with Crippen molar-refractivity contribution >= 4 is 35.6 Å². The third kappa shape index (κ3) is 6.33. The Morgan fingerprint density at radius 2 is 2.08 bits per heavy atom. The highest BCUT2D eigenvalue weighted by molar-refractivity contribution is 14.0. The number of hydrogen-bond donors (Lipinski definition) is 2. The Morgan fingerprint density at radius 1 is 1.32 bits per heavy atom. The molecule has 1 fully saturated rings. The molecule has 0 radical (unpaired) electrons. The summed E-state index contributed by atoms with van der Waals surface area (Å²) >= 11 is 0. The lowest BCUT2D eigenvalue weighted by Gasteiger charge is -2.24. The van der Waals surface area contributed by atoms with Crippen molar-refractivity contribution in [1.29, 1.82) is 0 Å². The fourth-order valence-corrected chi connectivity index (χ4v) is 3.31. The summed E-state index contributed by atoms with van der Waals surface area (Å²) in [6.45, 7) is 8.53. The van der Waals surface area contributed by atoms with E-state index >= 15 is 0 Å². The van der Waals surface area contributed by atoms with E-state index in [1.165, 1.54) is 36.2 Å². The van der Waals surface area contributed by atoms with Crippen LogP contribution < -0.4 is 15.5 Å². The van der Waals surface area contributed by atoms with Crippen molar-refractivity contribution in [2.75, 3.05) is 45.7 Å². The van der Waals surface area contributed by atoms with Crippen molar-refractivity contribution in [2.45, 2.75) is 39.3 Å². The first-order valence-corrected chi connectivity index (χ1v) is 9.00. The van der Waals surface area contributed by atoms with E-state index < -0.39 is 0 Å². The molecule has 1 saturated heterocycles. The van der Waals surface area contributed by atoms with Gasteiger partial charge in [-0.25, -0.2) is 0 Å². The molecule has 1 aliphatic heterocycles. The molecular formula is C19H34IN5. The van der Waals surface area contributed by atoms with Crippen LogP contribution >= 0.6 is 24.0 Å². The summed E-state index contributed by atoms with van der Waals surface area (Å²) in [5, 5.41) is 6.92. The molecule has 1 aliphatic rings. The lowest BCUT2D eigenvalue weighted by atomic mass is 10.1. The van der Waals surface area contributed by atoms with Crippen molar-refractivity contribution < 1.29 is 0 Å². The fourth-order valence-electron chi connectivity index (χ4n) is 3.31. The standard InChI is InChI=1S/C19H33N5.HI/c1-6-24-11-7-8-18(24)14-22-19(20-3)21-13-16-9-10-17(23(4)5)12-15(16)2;/h9-10,12,18H,6-8,11,13-14H2,1-5H3,(H2,20,21,22);1H. The third-order valence-corrected chi connectivity index (χ3v) is 4.92. The van der Waals surface area contributed by atoms with Gasteiger partial charge in [0.2, 0.25) is 0 Å². The number of hydrogen-bond acceptors (Lipinski definition) is 3. The largest absolute Gasteiger partial charge is 0.378 e. The Balaban J connectivity index is 0.00000312. The summed E-state index contributed by atoms with van der Waals surface area (Å²) in [7, 11) is 5.98. The van der Waals surface area contributed by atoms with Gasteiger partial charge < -0.3 is 15.5 Å². The van der Waals surface area contributed by atoms with Crippen LogP contribution in [0.2, 0.25) is 0 Å². The molecule has 1 aromatic rings. The van der Waals surface area contributed by atoms with Gasteiger partial charge in [-0.2, -0.15) is 0 Å². The second-order valence-corrected chi connectivity index (χ2v) is 6.74. The van der Waals surface area contributed by atoms with Gasteiger partial charge in [-0.05, 0) is 56.1 Å². The van der Waals surface area contributed by atoms with Gasteiger partial charge in [0.25, 0.3) is 0 Å². The Bertz CT molecular complexity index is 559. The van der Waals surface area contributed by atoms with E-state index in [0.717, 1.165) is 25.6 Å². The molecule has 6 heteroatoms. The minimum atomic E-state index is 0. The summed E-state index contributed by atoms with van der Waals surface area (Å²) in [5.74, 6) is 0.883. The van der Waals surface area contributed by atoms with Crippen LogP contribution in [0.5, 0.6) is 0 Å². The zero-order chi connectivity index (χ0) is 17.5. The summed E-state index contributed by atoms with van der Waals surface area (Å²) in [4.78, 5) is 9.03. The van der Waals surface area contributed by atoms with Gasteiger partial charge in [0.1, 0.15) is 0 Å². The average molecular weight is 459 g/mol. The first-order chi connectivity index (χ1) is 11.5. The molecule has 0 saturated carbocycles. The lowest BCUT2D eigenvalue weighted by molar-refractivity contribution is 0.267. The van der Waals surface area contributed by atoms with E-state index in [-0.39, 0.29) is 24.0 Å². The molecule has 2 rings (SSSR count). The van der Waals surface area contributed by atoms with Gasteiger partial charge in [0.15, 0.2) is 5.96 Å². The summed E-state index contributed by atoms with van der Waals surface area (Å²) in [5.41, 5.74) is 3.84. The van der Waals surface area contributed by atoms with E-state index in [2.05, 4.69) is 71.6 Å². The van der Waals surface area contributed by atoms with Crippen LogP contribution in [-0.4, -0.2) is 57.7 Å². The van der Waals surface area contributed by atoms with Crippen molar-refractivity contribution in [2.24, 2.45) is 4.99 Å². The molecule has 2 N–H and O–H groups in total. The second kappa shape index (κ2) is 10.9. The van der Waals surface area contributed by atoms with Crippen LogP contribution in [0.1, 0.15) is 30.9 Å². The monoisotopic (exact) mass is 459 g/mol. The van der Waals surface area contributed by atoms with Crippen LogP contribution in [-0.2, 0) is 6.54 Å². The first kappa shape index (κ1) is 22.0. The van der Waals surface area contributed by atoms with Gasteiger partial charge in [0, 0.05) is 46.0 Å². The van der Waals surface area contributed by atoms with Crippen molar-refractivity contribution in [3.63, 3.8) is 0 Å². The first-order valence-electron chi connectivity index (χ1n) is 9.00. The molecule has 0 aliphatic carbocycles. The number of aliphatic imine (C=N–C) groups is 1.